The van der Waals surface area contributed by atoms with Crippen molar-refractivity contribution in [2.75, 3.05) is 14.2 Å². The van der Waals surface area contributed by atoms with Gasteiger partial charge in [-0.15, -0.1) is 10.2 Å². The van der Waals surface area contributed by atoms with Crippen LogP contribution >= 0.6 is 0 Å². The van der Waals surface area contributed by atoms with Gasteiger partial charge in [-0.05, 0) is 32.0 Å². The molecule has 0 N–H and O–H groups in total. The molecule has 3 aromatic rings. The summed E-state index contributed by atoms with van der Waals surface area (Å²) in [5.41, 5.74) is 4.16. The van der Waals surface area contributed by atoms with Gasteiger partial charge < -0.3 is 14.1 Å². The maximum Gasteiger partial charge on any atom is 0.247 e. The van der Waals surface area contributed by atoms with Crippen LogP contribution in [0.1, 0.15) is 29.0 Å². The van der Waals surface area contributed by atoms with Gasteiger partial charge in [0.2, 0.25) is 17.7 Å². The largest absolute Gasteiger partial charge is 0.496 e. The Morgan fingerprint density at radius 2 is 1.79 bits per heavy atom. The quantitative estimate of drug-likeness (QED) is 0.622. The van der Waals surface area contributed by atoms with E-state index in [2.05, 4.69) is 10.2 Å². The first-order valence-electron chi connectivity index (χ1n) is 9.23. The first-order chi connectivity index (χ1) is 13.5. The van der Waals surface area contributed by atoms with Crippen LogP contribution in [0, 0.1) is 13.8 Å². The monoisotopic (exact) mass is 379 g/mol. The lowest BCUT2D eigenvalue weighted by molar-refractivity contribution is -0.130. The highest BCUT2D eigenvalue weighted by molar-refractivity contribution is 5.76. The van der Waals surface area contributed by atoms with Crippen molar-refractivity contribution in [3.8, 4) is 17.2 Å². The molecule has 0 radical (unpaired) electrons. The second kappa shape index (κ2) is 8.69. The summed E-state index contributed by atoms with van der Waals surface area (Å²) in [6.45, 7) is 4.53. The molecule has 0 fully saturated rings. The number of amides is 1. The van der Waals surface area contributed by atoms with E-state index in [9.17, 15) is 4.79 Å². The molecule has 0 aliphatic rings. The number of carbonyl (C=O) groups is 1. The van der Waals surface area contributed by atoms with Gasteiger partial charge >= 0.3 is 0 Å². The zero-order chi connectivity index (χ0) is 20.1. The molecule has 3 rings (SSSR count). The molecule has 0 aliphatic carbocycles. The molecule has 2 aromatic carbocycles. The molecule has 1 aromatic heterocycles. The van der Waals surface area contributed by atoms with Crippen molar-refractivity contribution in [1.82, 2.24) is 15.1 Å². The number of ether oxygens (including phenoxy) is 1. The highest BCUT2D eigenvalue weighted by atomic mass is 16.5. The fraction of sp³-hybridized carbons (Fsp3) is 0.318. The number of aromatic nitrogens is 2. The molecule has 0 unspecified atom stereocenters. The second-order valence-corrected chi connectivity index (χ2v) is 6.93. The summed E-state index contributed by atoms with van der Waals surface area (Å²) in [6.07, 6.45) is 0.715. The molecule has 0 aliphatic heterocycles. The van der Waals surface area contributed by atoms with Gasteiger partial charge in [-0.1, -0.05) is 35.4 Å². The molecule has 146 valence electrons. The minimum absolute atomic E-state index is 0.0126. The number of benzene rings is 2. The van der Waals surface area contributed by atoms with Gasteiger partial charge in [0.1, 0.15) is 5.75 Å². The van der Waals surface area contributed by atoms with Gasteiger partial charge in [0.25, 0.3) is 0 Å². The van der Waals surface area contributed by atoms with Gasteiger partial charge in [0, 0.05) is 37.6 Å². The van der Waals surface area contributed by atoms with Crippen LogP contribution in [0.15, 0.2) is 46.9 Å². The highest BCUT2D eigenvalue weighted by Gasteiger charge is 2.15. The first-order valence-corrected chi connectivity index (χ1v) is 9.23. The van der Waals surface area contributed by atoms with Crippen LogP contribution in [0.3, 0.4) is 0 Å². The fourth-order valence-corrected chi connectivity index (χ4v) is 2.95. The Morgan fingerprint density at radius 1 is 1.07 bits per heavy atom. The summed E-state index contributed by atoms with van der Waals surface area (Å²) in [4.78, 5) is 14.2. The van der Waals surface area contributed by atoms with Crippen LogP contribution in [-0.2, 0) is 17.8 Å². The van der Waals surface area contributed by atoms with Crippen LogP contribution in [-0.4, -0.2) is 35.2 Å². The molecule has 6 nitrogen and oxygen atoms in total. The third-order valence-corrected chi connectivity index (χ3v) is 4.59. The van der Waals surface area contributed by atoms with Crippen LogP contribution in [0.4, 0.5) is 0 Å². The Morgan fingerprint density at radius 3 is 2.50 bits per heavy atom. The number of nitrogens with zero attached hydrogens (tertiary/aromatic N) is 3. The van der Waals surface area contributed by atoms with E-state index in [4.69, 9.17) is 9.15 Å². The van der Waals surface area contributed by atoms with E-state index in [1.807, 2.05) is 56.3 Å². The lowest BCUT2D eigenvalue weighted by atomic mass is 10.1. The van der Waals surface area contributed by atoms with E-state index in [1.165, 1.54) is 5.56 Å². The summed E-state index contributed by atoms with van der Waals surface area (Å²) >= 11 is 0. The maximum atomic E-state index is 12.5. The van der Waals surface area contributed by atoms with Crippen LogP contribution < -0.4 is 4.74 Å². The number of hydrogen-bond donors (Lipinski definition) is 0. The Hall–Kier alpha value is -3.15. The van der Waals surface area contributed by atoms with E-state index < -0.39 is 0 Å². The Bertz CT molecular complexity index is 948. The third-order valence-electron chi connectivity index (χ3n) is 4.59. The molecule has 0 saturated carbocycles. The van der Waals surface area contributed by atoms with E-state index >= 15 is 0 Å². The third kappa shape index (κ3) is 4.76. The van der Waals surface area contributed by atoms with Gasteiger partial charge in [-0.2, -0.15) is 0 Å². The number of aryl methyl sites for hydroxylation is 3. The number of rotatable bonds is 7. The van der Waals surface area contributed by atoms with Gasteiger partial charge in [-0.3, -0.25) is 4.79 Å². The molecule has 0 atom stereocenters. The number of hydrogen-bond acceptors (Lipinski definition) is 5. The molecular formula is C22H25N3O3. The van der Waals surface area contributed by atoms with Crippen molar-refractivity contribution in [2.24, 2.45) is 0 Å². The predicted molar refractivity (Wildman–Crippen MR) is 107 cm³/mol. The average Bonchev–Trinajstić information content (AvgIpc) is 3.16. The Balaban J connectivity index is 1.58. The maximum absolute atomic E-state index is 12.5. The molecule has 0 bridgehead atoms. The van der Waals surface area contributed by atoms with Crippen molar-refractivity contribution in [3.05, 3.63) is 65.0 Å². The molecule has 6 heteroatoms. The Kier molecular flexibility index (Phi) is 6.09. The second-order valence-electron chi connectivity index (χ2n) is 6.93. The minimum atomic E-state index is 0.0126. The topological polar surface area (TPSA) is 68.5 Å². The molecule has 28 heavy (non-hydrogen) atoms. The standard InChI is InChI=1S/C22H25N3O3/c1-15-5-8-17(9-6-15)22-24-23-20(28-22)11-12-21(26)25(3)14-18-13-16(2)7-10-19(18)27-4/h5-10,13H,11-12,14H2,1-4H3. The smallest absolute Gasteiger partial charge is 0.247 e. The highest BCUT2D eigenvalue weighted by Crippen LogP contribution is 2.22. The lowest BCUT2D eigenvalue weighted by Crippen LogP contribution is -2.26. The summed E-state index contributed by atoms with van der Waals surface area (Å²) in [7, 11) is 3.42. The first kappa shape index (κ1) is 19.6. The van der Waals surface area contributed by atoms with Crippen molar-refractivity contribution in [2.45, 2.75) is 33.2 Å². The van der Waals surface area contributed by atoms with Gasteiger partial charge in [0.15, 0.2) is 0 Å². The van der Waals surface area contributed by atoms with Gasteiger partial charge in [0.05, 0.1) is 7.11 Å². The molecule has 1 heterocycles. The summed E-state index contributed by atoms with van der Waals surface area (Å²) in [5, 5.41) is 8.14. The van der Waals surface area contributed by atoms with Crippen LogP contribution in [0.25, 0.3) is 11.5 Å². The Labute approximate surface area is 165 Å². The average molecular weight is 379 g/mol. The summed E-state index contributed by atoms with van der Waals surface area (Å²) in [5.74, 6) is 1.73. The molecule has 1 amide bonds. The predicted octanol–water partition coefficient (Wildman–Crippen LogP) is 3.95. The fourth-order valence-electron chi connectivity index (χ4n) is 2.95. The van der Waals surface area contributed by atoms with E-state index in [0.29, 0.717) is 31.2 Å². The molecular weight excluding hydrogens is 354 g/mol. The van der Waals surface area contributed by atoms with Crippen LogP contribution in [0.2, 0.25) is 0 Å². The number of carbonyl (C=O) groups excluding carboxylic acids is 1. The molecule has 0 spiro atoms. The van der Waals surface area contributed by atoms with Crippen molar-refractivity contribution < 1.29 is 13.9 Å². The van der Waals surface area contributed by atoms with Crippen molar-refractivity contribution >= 4 is 5.91 Å². The van der Waals surface area contributed by atoms with Crippen molar-refractivity contribution in [1.29, 1.82) is 0 Å². The SMILES string of the molecule is COc1ccc(C)cc1CN(C)C(=O)CCc1nnc(-c2ccc(C)cc2)o1. The van der Waals surface area contributed by atoms with E-state index in [1.54, 1.807) is 19.1 Å². The summed E-state index contributed by atoms with van der Waals surface area (Å²) in [6, 6.07) is 13.8. The summed E-state index contributed by atoms with van der Waals surface area (Å²) < 4.78 is 11.1. The van der Waals surface area contributed by atoms with Crippen molar-refractivity contribution in [3.63, 3.8) is 0 Å². The van der Waals surface area contributed by atoms with Crippen LogP contribution in [0.5, 0.6) is 5.75 Å². The lowest BCUT2D eigenvalue weighted by Gasteiger charge is -2.19. The van der Waals surface area contributed by atoms with Gasteiger partial charge in [-0.25, -0.2) is 0 Å². The van der Waals surface area contributed by atoms with E-state index in [-0.39, 0.29) is 5.91 Å². The zero-order valence-electron chi connectivity index (χ0n) is 16.7. The minimum Gasteiger partial charge on any atom is -0.496 e. The normalized spacial score (nSPS) is 10.7. The van der Waals surface area contributed by atoms with E-state index in [0.717, 1.165) is 22.4 Å². The zero-order valence-corrected chi connectivity index (χ0v) is 16.7. The molecule has 0 saturated heterocycles. The number of methoxy groups -OCH3 is 1.